The molecule has 106 valence electrons. The minimum atomic E-state index is -0.0684. The number of nitrogens with one attached hydrogen (secondary N) is 3. The number of hydrogen-bond donors (Lipinski definition) is 3. The molecule has 0 fully saturated rings. The molecular weight excluding hydrogens is 252 g/mol. The van der Waals surface area contributed by atoms with E-state index in [-0.39, 0.29) is 5.91 Å². The van der Waals surface area contributed by atoms with Crippen molar-refractivity contribution in [1.29, 1.82) is 0 Å². The molecule has 0 aliphatic heterocycles. The zero-order chi connectivity index (χ0) is 14.7. The maximum atomic E-state index is 11.6. The highest BCUT2D eigenvalue weighted by molar-refractivity contribution is 5.94. The average Bonchev–Trinajstić information content (AvgIpc) is 2.76. The number of benzene rings is 1. The van der Waals surface area contributed by atoms with Gasteiger partial charge in [0.25, 0.3) is 5.91 Å². The van der Waals surface area contributed by atoms with E-state index in [2.05, 4.69) is 20.8 Å². The fraction of sp³-hybridized carbons (Fsp3) is 0.333. The second kappa shape index (κ2) is 5.77. The van der Waals surface area contributed by atoms with Gasteiger partial charge in [0.15, 0.2) is 0 Å². The number of aromatic amines is 1. The Balaban J connectivity index is 2.13. The van der Waals surface area contributed by atoms with E-state index in [1.807, 2.05) is 39.0 Å². The van der Waals surface area contributed by atoms with Crippen molar-refractivity contribution in [2.45, 2.75) is 27.3 Å². The first-order valence-electron chi connectivity index (χ1n) is 6.60. The average molecular weight is 272 g/mol. The molecule has 1 aromatic carbocycles. The quantitative estimate of drug-likeness (QED) is 0.800. The van der Waals surface area contributed by atoms with Gasteiger partial charge < -0.3 is 10.6 Å². The maximum absolute atomic E-state index is 11.6. The lowest BCUT2D eigenvalue weighted by atomic mass is 10.1. The number of hydrogen-bond acceptors (Lipinski definition) is 3. The Hall–Kier alpha value is -2.30. The van der Waals surface area contributed by atoms with Crippen LogP contribution < -0.4 is 10.6 Å². The molecule has 1 amide bonds. The van der Waals surface area contributed by atoms with E-state index in [0.29, 0.717) is 12.1 Å². The summed E-state index contributed by atoms with van der Waals surface area (Å²) < 4.78 is 0. The highest BCUT2D eigenvalue weighted by atomic mass is 16.1. The molecule has 0 radical (unpaired) electrons. The minimum absolute atomic E-state index is 0.0684. The first-order chi connectivity index (χ1) is 9.52. The number of anilines is 1. The summed E-state index contributed by atoms with van der Waals surface area (Å²) in [4.78, 5) is 11.6. The molecule has 0 atom stereocenters. The summed E-state index contributed by atoms with van der Waals surface area (Å²) >= 11 is 0. The molecule has 0 unspecified atom stereocenters. The minimum Gasteiger partial charge on any atom is -0.381 e. The lowest BCUT2D eigenvalue weighted by Gasteiger charge is -2.11. The number of aromatic nitrogens is 2. The predicted molar refractivity (Wildman–Crippen MR) is 80.0 cm³/mol. The fourth-order valence-corrected chi connectivity index (χ4v) is 2.17. The second-order valence-corrected chi connectivity index (χ2v) is 4.87. The van der Waals surface area contributed by atoms with Gasteiger partial charge in [-0.2, -0.15) is 5.10 Å². The van der Waals surface area contributed by atoms with Gasteiger partial charge in [-0.1, -0.05) is 0 Å². The van der Waals surface area contributed by atoms with E-state index < -0.39 is 0 Å². The summed E-state index contributed by atoms with van der Waals surface area (Å²) in [7, 11) is 1.63. The molecule has 2 aromatic rings. The molecule has 1 aromatic heterocycles. The van der Waals surface area contributed by atoms with Gasteiger partial charge in [-0.05, 0) is 44.5 Å². The molecule has 0 saturated carbocycles. The summed E-state index contributed by atoms with van der Waals surface area (Å²) in [5, 5.41) is 13.2. The van der Waals surface area contributed by atoms with E-state index in [0.717, 1.165) is 22.6 Å². The van der Waals surface area contributed by atoms with Gasteiger partial charge in [0.2, 0.25) is 0 Å². The highest BCUT2D eigenvalue weighted by Gasteiger charge is 2.08. The van der Waals surface area contributed by atoms with Crippen molar-refractivity contribution in [3.63, 3.8) is 0 Å². The summed E-state index contributed by atoms with van der Waals surface area (Å²) in [6.07, 6.45) is 0. The van der Waals surface area contributed by atoms with Crippen molar-refractivity contribution in [2.24, 2.45) is 0 Å². The van der Waals surface area contributed by atoms with Crippen molar-refractivity contribution < 1.29 is 4.79 Å². The molecule has 20 heavy (non-hydrogen) atoms. The Kier molecular flexibility index (Phi) is 4.08. The van der Waals surface area contributed by atoms with Crippen LogP contribution in [0.25, 0.3) is 0 Å². The SMILES string of the molecule is CNC(=O)c1ccc(NCc2c(C)n[nH]c2C)c(C)c1. The molecule has 0 spiro atoms. The summed E-state index contributed by atoms with van der Waals surface area (Å²) in [5.74, 6) is -0.0684. The van der Waals surface area contributed by atoms with E-state index >= 15 is 0 Å². The Morgan fingerprint density at radius 3 is 2.60 bits per heavy atom. The maximum Gasteiger partial charge on any atom is 0.251 e. The van der Waals surface area contributed by atoms with E-state index in [1.54, 1.807) is 7.05 Å². The molecule has 1 heterocycles. The normalized spacial score (nSPS) is 10.4. The molecule has 0 bridgehead atoms. The number of H-pyrrole nitrogens is 1. The van der Waals surface area contributed by atoms with Gasteiger partial charge in [0, 0.05) is 36.1 Å². The van der Waals surface area contributed by atoms with Gasteiger partial charge in [-0.3, -0.25) is 9.89 Å². The monoisotopic (exact) mass is 272 g/mol. The Labute approximate surface area is 118 Å². The van der Waals surface area contributed by atoms with Crippen LogP contribution >= 0.6 is 0 Å². The van der Waals surface area contributed by atoms with Gasteiger partial charge in [0.05, 0.1) is 5.69 Å². The topological polar surface area (TPSA) is 69.8 Å². The number of nitrogens with zero attached hydrogens (tertiary/aromatic N) is 1. The van der Waals surface area contributed by atoms with Gasteiger partial charge >= 0.3 is 0 Å². The fourth-order valence-electron chi connectivity index (χ4n) is 2.17. The van der Waals surface area contributed by atoms with Crippen LogP contribution in [0.5, 0.6) is 0 Å². The van der Waals surface area contributed by atoms with Crippen LogP contribution in [-0.4, -0.2) is 23.2 Å². The molecule has 2 rings (SSSR count). The molecule has 3 N–H and O–H groups in total. The Bertz CT molecular complexity index is 611. The zero-order valence-corrected chi connectivity index (χ0v) is 12.3. The van der Waals surface area contributed by atoms with Gasteiger partial charge in [-0.25, -0.2) is 0 Å². The second-order valence-electron chi connectivity index (χ2n) is 4.87. The van der Waals surface area contributed by atoms with Crippen molar-refractivity contribution in [1.82, 2.24) is 15.5 Å². The van der Waals surface area contributed by atoms with Gasteiger partial charge in [0.1, 0.15) is 0 Å². The van der Waals surface area contributed by atoms with Crippen LogP contribution in [0.3, 0.4) is 0 Å². The van der Waals surface area contributed by atoms with Crippen molar-refractivity contribution in [2.75, 3.05) is 12.4 Å². The largest absolute Gasteiger partial charge is 0.381 e. The number of aryl methyl sites for hydroxylation is 3. The molecule has 5 nitrogen and oxygen atoms in total. The van der Waals surface area contributed by atoms with Crippen molar-refractivity contribution >= 4 is 11.6 Å². The van der Waals surface area contributed by atoms with Crippen LogP contribution in [0.4, 0.5) is 5.69 Å². The Morgan fingerprint density at radius 1 is 1.30 bits per heavy atom. The molecule has 0 aliphatic rings. The van der Waals surface area contributed by atoms with Crippen LogP contribution in [0, 0.1) is 20.8 Å². The van der Waals surface area contributed by atoms with Gasteiger partial charge in [-0.15, -0.1) is 0 Å². The number of carbonyl (C=O) groups is 1. The third-order valence-electron chi connectivity index (χ3n) is 3.45. The highest BCUT2D eigenvalue weighted by Crippen LogP contribution is 2.19. The molecule has 0 aliphatic carbocycles. The standard InChI is InChI=1S/C15H20N4O/c1-9-7-12(15(20)16-4)5-6-14(9)17-8-13-10(2)18-19-11(13)3/h5-7,17H,8H2,1-4H3,(H,16,20)(H,18,19). The summed E-state index contributed by atoms with van der Waals surface area (Å²) in [5.41, 5.74) is 6.01. The first kappa shape index (κ1) is 14.1. The number of amides is 1. The van der Waals surface area contributed by atoms with E-state index in [9.17, 15) is 4.79 Å². The number of rotatable bonds is 4. The van der Waals surface area contributed by atoms with Crippen LogP contribution in [0.1, 0.15) is 32.9 Å². The molecule has 5 heteroatoms. The lowest BCUT2D eigenvalue weighted by Crippen LogP contribution is -2.17. The smallest absolute Gasteiger partial charge is 0.251 e. The zero-order valence-electron chi connectivity index (χ0n) is 12.3. The molecular formula is C15H20N4O. The predicted octanol–water partition coefficient (Wildman–Crippen LogP) is 2.31. The Morgan fingerprint density at radius 2 is 2.05 bits per heavy atom. The third-order valence-corrected chi connectivity index (χ3v) is 3.45. The van der Waals surface area contributed by atoms with Crippen LogP contribution in [0.2, 0.25) is 0 Å². The summed E-state index contributed by atoms with van der Waals surface area (Å²) in [6, 6.07) is 5.64. The summed E-state index contributed by atoms with van der Waals surface area (Å²) in [6.45, 7) is 6.71. The van der Waals surface area contributed by atoms with Crippen molar-refractivity contribution in [3.05, 3.63) is 46.3 Å². The molecule has 0 saturated heterocycles. The lowest BCUT2D eigenvalue weighted by molar-refractivity contribution is 0.0963. The van der Waals surface area contributed by atoms with Crippen LogP contribution in [-0.2, 0) is 6.54 Å². The number of carbonyl (C=O) groups excluding carboxylic acids is 1. The van der Waals surface area contributed by atoms with Crippen LogP contribution in [0.15, 0.2) is 18.2 Å². The first-order valence-corrected chi connectivity index (χ1v) is 6.60. The van der Waals surface area contributed by atoms with E-state index in [4.69, 9.17) is 0 Å². The van der Waals surface area contributed by atoms with E-state index in [1.165, 1.54) is 5.56 Å². The third kappa shape index (κ3) is 2.82. The van der Waals surface area contributed by atoms with Crippen molar-refractivity contribution in [3.8, 4) is 0 Å².